The average molecular weight is 169 g/mol. The van der Waals surface area contributed by atoms with E-state index in [1.54, 1.807) is 13.1 Å². The maximum absolute atomic E-state index is 11.1. The minimum absolute atomic E-state index is 0.0169. The molecule has 0 heterocycles. The fourth-order valence-corrected chi connectivity index (χ4v) is 1.03. The van der Waals surface area contributed by atoms with Gasteiger partial charge in [0.05, 0.1) is 0 Å². The van der Waals surface area contributed by atoms with E-state index in [0.717, 1.165) is 6.29 Å². The smallest absolute Gasteiger partial charge is 0.223 e. The highest BCUT2D eigenvalue weighted by Crippen LogP contribution is 2.10. The predicted octanol–water partition coefficient (Wildman–Crippen LogP) is 0.904. The van der Waals surface area contributed by atoms with Crippen LogP contribution in [0.3, 0.4) is 0 Å². The summed E-state index contributed by atoms with van der Waals surface area (Å²) in [6, 6.07) is 0. The van der Waals surface area contributed by atoms with Crippen molar-refractivity contribution in [1.82, 2.24) is 5.32 Å². The molecule has 3 heteroatoms. The second kappa shape index (κ2) is 6.58. The molecular formula is C9H15NO2. The van der Waals surface area contributed by atoms with E-state index in [2.05, 4.69) is 11.9 Å². The highest BCUT2D eigenvalue weighted by molar-refractivity contribution is 5.78. The summed E-state index contributed by atoms with van der Waals surface area (Å²) >= 11 is 0. The lowest BCUT2D eigenvalue weighted by molar-refractivity contribution is -0.124. The van der Waals surface area contributed by atoms with Crippen LogP contribution in [0, 0.1) is 5.92 Å². The van der Waals surface area contributed by atoms with Crippen LogP contribution in [-0.4, -0.2) is 19.2 Å². The van der Waals surface area contributed by atoms with Gasteiger partial charge in [-0.3, -0.25) is 4.79 Å². The quantitative estimate of drug-likeness (QED) is 0.474. The molecule has 3 nitrogen and oxygen atoms in total. The molecule has 0 aromatic carbocycles. The maximum atomic E-state index is 11.1. The summed E-state index contributed by atoms with van der Waals surface area (Å²) in [7, 11) is 1.60. The van der Waals surface area contributed by atoms with Crippen molar-refractivity contribution in [3.63, 3.8) is 0 Å². The molecule has 1 N–H and O–H groups in total. The van der Waals surface area contributed by atoms with E-state index in [9.17, 15) is 9.59 Å². The van der Waals surface area contributed by atoms with E-state index in [1.807, 2.05) is 0 Å². The van der Waals surface area contributed by atoms with Crippen LogP contribution in [0.4, 0.5) is 0 Å². The zero-order valence-electron chi connectivity index (χ0n) is 7.38. The number of carbonyl (C=O) groups excluding carboxylic acids is 2. The maximum Gasteiger partial charge on any atom is 0.223 e. The van der Waals surface area contributed by atoms with Crippen LogP contribution < -0.4 is 5.32 Å². The molecule has 0 spiro atoms. The first-order valence-electron chi connectivity index (χ1n) is 4.02. The molecule has 1 atom stereocenters. The van der Waals surface area contributed by atoms with Crippen molar-refractivity contribution < 1.29 is 9.59 Å². The van der Waals surface area contributed by atoms with Gasteiger partial charge in [-0.2, -0.15) is 0 Å². The van der Waals surface area contributed by atoms with E-state index in [-0.39, 0.29) is 11.8 Å². The average Bonchev–Trinajstić information content (AvgIpc) is 2.11. The van der Waals surface area contributed by atoms with Gasteiger partial charge in [-0.1, -0.05) is 6.08 Å². The SMILES string of the molecule is C=CCC(CCC=O)C(=O)NC. The first-order chi connectivity index (χ1) is 5.76. The molecule has 0 aliphatic heterocycles. The second-order valence-corrected chi connectivity index (χ2v) is 2.58. The van der Waals surface area contributed by atoms with Crippen molar-refractivity contribution in [3.8, 4) is 0 Å². The Morgan fingerprint density at radius 1 is 1.67 bits per heavy atom. The van der Waals surface area contributed by atoms with Crippen LogP contribution in [0.15, 0.2) is 12.7 Å². The number of carbonyl (C=O) groups is 2. The van der Waals surface area contributed by atoms with Crippen LogP contribution in [0.2, 0.25) is 0 Å². The van der Waals surface area contributed by atoms with Gasteiger partial charge in [0, 0.05) is 19.4 Å². The Labute approximate surface area is 72.8 Å². The fraction of sp³-hybridized carbons (Fsp3) is 0.556. The third-order valence-corrected chi connectivity index (χ3v) is 1.70. The Morgan fingerprint density at radius 3 is 2.75 bits per heavy atom. The minimum Gasteiger partial charge on any atom is -0.359 e. The second-order valence-electron chi connectivity index (χ2n) is 2.58. The molecule has 1 unspecified atom stereocenters. The minimum atomic E-state index is -0.0994. The third kappa shape index (κ3) is 3.91. The standard InChI is InChI=1S/C9H15NO2/c1-3-5-8(6-4-7-11)9(12)10-2/h3,7-8H,1,4-6H2,2H3,(H,10,12). The monoisotopic (exact) mass is 169 g/mol. The molecule has 0 aliphatic rings. The first kappa shape index (κ1) is 10.9. The van der Waals surface area contributed by atoms with Crippen molar-refractivity contribution in [2.75, 3.05) is 7.05 Å². The summed E-state index contributed by atoms with van der Waals surface area (Å²) in [5, 5.41) is 2.56. The van der Waals surface area contributed by atoms with E-state index >= 15 is 0 Å². The van der Waals surface area contributed by atoms with E-state index < -0.39 is 0 Å². The summed E-state index contributed by atoms with van der Waals surface area (Å²) < 4.78 is 0. The van der Waals surface area contributed by atoms with Crippen LogP contribution in [0.1, 0.15) is 19.3 Å². The Balaban J connectivity index is 3.92. The van der Waals surface area contributed by atoms with Gasteiger partial charge >= 0.3 is 0 Å². The molecule has 0 aromatic heterocycles. The number of nitrogens with one attached hydrogen (secondary N) is 1. The highest BCUT2D eigenvalue weighted by atomic mass is 16.1. The van der Waals surface area contributed by atoms with Gasteiger partial charge in [-0.15, -0.1) is 6.58 Å². The molecule has 68 valence electrons. The Hall–Kier alpha value is -1.12. The number of hydrogen-bond acceptors (Lipinski definition) is 2. The summed E-state index contributed by atoms with van der Waals surface area (Å²) in [5.41, 5.74) is 0. The van der Waals surface area contributed by atoms with Crippen molar-refractivity contribution in [3.05, 3.63) is 12.7 Å². The largest absolute Gasteiger partial charge is 0.359 e. The molecular weight excluding hydrogens is 154 g/mol. The van der Waals surface area contributed by atoms with Gasteiger partial charge in [0.25, 0.3) is 0 Å². The fourth-order valence-electron chi connectivity index (χ4n) is 1.03. The molecule has 0 radical (unpaired) electrons. The number of rotatable bonds is 6. The first-order valence-corrected chi connectivity index (χ1v) is 4.02. The Bertz CT molecular complexity index is 166. The van der Waals surface area contributed by atoms with Gasteiger partial charge in [-0.05, 0) is 12.8 Å². The van der Waals surface area contributed by atoms with E-state index in [4.69, 9.17) is 0 Å². The lowest BCUT2D eigenvalue weighted by Gasteiger charge is -2.10. The topological polar surface area (TPSA) is 46.2 Å². The lowest BCUT2D eigenvalue weighted by atomic mass is 9.99. The van der Waals surface area contributed by atoms with Crippen LogP contribution in [-0.2, 0) is 9.59 Å². The van der Waals surface area contributed by atoms with Crippen LogP contribution in [0.5, 0.6) is 0 Å². The molecule has 12 heavy (non-hydrogen) atoms. The summed E-state index contributed by atoms with van der Waals surface area (Å²) in [5.74, 6) is -0.116. The number of allylic oxidation sites excluding steroid dienone is 1. The van der Waals surface area contributed by atoms with Crippen molar-refractivity contribution in [1.29, 1.82) is 0 Å². The van der Waals surface area contributed by atoms with Gasteiger partial charge in [0.15, 0.2) is 0 Å². The molecule has 0 aliphatic carbocycles. The zero-order valence-corrected chi connectivity index (χ0v) is 7.38. The normalized spacial score (nSPS) is 11.8. The molecule has 1 amide bonds. The number of hydrogen-bond donors (Lipinski definition) is 1. The molecule has 0 saturated carbocycles. The summed E-state index contributed by atoms with van der Waals surface area (Å²) in [6.07, 6.45) is 4.21. The highest BCUT2D eigenvalue weighted by Gasteiger charge is 2.14. The van der Waals surface area contributed by atoms with E-state index in [0.29, 0.717) is 19.3 Å². The molecule has 0 bridgehead atoms. The predicted molar refractivity (Wildman–Crippen MR) is 47.7 cm³/mol. The number of amides is 1. The Kier molecular flexibility index (Phi) is 5.97. The Morgan fingerprint density at radius 2 is 2.33 bits per heavy atom. The van der Waals surface area contributed by atoms with Gasteiger partial charge in [0.2, 0.25) is 5.91 Å². The molecule has 0 fully saturated rings. The van der Waals surface area contributed by atoms with Crippen molar-refractivity contribution >= 4 is 12.2 Å². The van der Waals surface area contributed by atoms with Gasteiger partial charge < -0.3 is 10.1 Å². The summed E-state index contributed by atoms with van der Waals surface area (Å²) in [4.78, 5) is 21.2. The van der Waals surface area contributed by atoms with Crippen LogP contribution in [0.25, 0.3) is 0 Å². The van der Waals surface area contributed by atoms with Crippen molar-refractivity contribution in [2.45, 2.75) is 19.3 Å². The zero-order chi connectivity index (χ0) is 9.40. The summed E-state index contributed by atoms with van der Waals surface area (Å²) in [6.45, 7) is 3.56. The van der Waals surface area contributed by atoms with Crippen molar-refractivity contribution in [2.24, 2.45) is 5.92 Å². The van der Waals surface area contributed by atoms with Crippen LogP contribution >= 0.6 is 0 Å². The van der Waals surface area contributed by atoms with Gasteiger partial charge in [-0.25, -0.2) is 0 Å². The van der Waals surface area contributed by atoms with E-state index in [1.165, 1.54) is 0 Å². The molecule has 0 aromatic rings. The third-order valence-electron chi connectivity index (χ3n) is 1.70. The van der Waals surface area contributed by atoms with Gasteiger partial charge in [0.1, 0.15) is 6.29 Å². The lowest BCUT2D eigenvalue weighted by Crippen LogP contribution is -2.27. The molecule has 0 saturated heterocycles. The molecule has 0 rings (SSSR count). The number of aldehydes is 1.